The van der Waals surface area contributed by atoms with Crippen LogP contribution in [0.15, 0.2) is 47.4 Å². The normalized spacial score (nSPS) is 21.8. The van der Waals surface area contributed by atoms with Gasteiger partial charge < -0.3 is 10.4 Å². The van der Waals surface area contributed by atoms with Gasteiger partial charge in [-0.2, -0.15) is 0 Å². The van der Waals surface area contributed by atoms with E-state index in [1.165, 1.54) is 24.3 Å². The molecule has 0 radical (unpaired) electrons. The zero-order valence-corrected chi connectivity index (χ0v) is 18.0. The molecule has 1 saturated carbocycles. The van der Waals surface area contributed by atoms with E-state index in [-0.39, 0.29) is 33.5 Å². The van der Waals surface area contributed by atoms with E-state index in [0.29, 0.717) is 18.8 Å². The predicted molar refractivity (Wildman–Crippen MR) is 116 cm³/mol. The number of nitrogens with one attached hydrogen (secondary N) is 2. The average molecular weight is 454 g/mol. The van der Waals surface area contributed by atoms with Crippen LogP contribution in [-0.2, 0) is 10.0 Å². The smallest absolute Gasteiger partial charge is 0.293 e. The fourth-order valence-corrected chi connectivity index (χ4v) is 5.12. The Morgan fingerprint density at radius 3 is 2.67 bits per heavy atom. The van der Waals surface area contributed by atoms with Crippen LogP contribution in [0.2, 0.25) is 5.02 Å². The average Bonchev–Trinajstić information content (AvgIpc) is 2.67. The first kappa shape index (κ1) is 22.3. The van der Waals surface area contributed by atoms with Crippen molar-refractivity contribution >= 4 is 38.7 Å². The lowest BCUT2D eigenvalue weighted by Gasteiger charge is -2.35. The Morgan fingerprint density at radius 1 is 1.27 bits per heavy atom. The topological polar surface area (TPSA) is 122 Å². The number of anilines is 2. The quantitative estimate of drug-likeness (QED) is 0.422. The van der Waals surface area contributed by atoms with Crippen molar-refractivity contribution in [2.24, 2.45) is 5.92 Å². The number of nitro benzene ring substituents is 1. The van der Waals surface area contributed by atoms with Crippen LogP contribution in [0, 0.1) is 16.0 Å². The summed E-state index contributed by atoms with van der Waals surface area (Å²) in [5, 5.41) is 25.5. The monoisotopic (exact) mass is 453 g/mol. The lowest BCUT2D eigenvalue weighted by Crippen LogP contribution is -2.41. The SMILES string of the molecule is C[C@H]1CCC[C@](O)(CNc2ccc(S(=O)(=O)Nc3ccccc3Cl)cc2[N+](=O)[O-])C1. The van der Waals surface area contributed by atoms with Crippen LogP contribution in [0.5, 0.6) is 0 Å². The van der Waals surface area contributed by atoms with Crippen molar-refractivity contribution in [3.05, 3.63) is 57.6 Å². The molecule has 3 N–H and O–H groups in total. The summed E-state index contributed by atoms with van der Waals surface area (Å²) in [6.45, 7) is 2.22. The Bertz CT molecular complexity index is 1050. The summed E-state index contributed by atoms with van der Waals surface area (Å²) in [6.07, 6.45) is 3.17. The standard InChI is InChI=1S/C20H24ClN3O5S/c1-14-5-4-10-20(25,12-14)13-22-18-9-8-15(11-19(18)24(26)27)30(28,29)23-17-7-3-2-6-16(17)21/h2-3,6-9,11,14,22-23,25H,4-5,10,12-13H2,1H3/t14-,20+/m0/s1. The number of nitro groups is 1. The highest BCUT2D eigenvalue weighted by Crippen LogP contribution is 2.34. The van der Waals surface area contributed by atoms with Crippen molar-refractivity contribution in [3.8, 4) is 0 Å². The summed E-state index contributed by atoms with van der Waals surface area (Å²) in [5.41, 5.74) is -0.993. The summed E-state index contributed by atoms with van der Waals surface area (Å²) >= 11 is 5.99. The Kier molecular flexibility index (Phi) is 6.54. The molecule has 2 aromatic rings. The molecular formula is C20H24ClN3O5S. The second-order valence-corrected chi connectivity index (χ2v) is 9.89. The van der Waals surface area contributed by atoms with Gasteiger partial charge in [-0.15, -0.1) is 0 Å². The van der Waals surface area contributed by atoms with Gasteiger partial charge in [0.25, 0.3) is 15.7 Å². The molecule has 0 aliphatic heterocycles. The van der Waals surface area contributed by atoms with E-state index >= 15 is 0 Å². The van der Waals surface area contributed by atoms with Gasteiger partial charge in [0.1, 0.15) is 5.69 Å². The van der Waals surface area contributed by atoms with E-state index in [1.54, 1.807) is 12.1 Å². The van der Waals surface area contributed by atoms with E-state index in [2.05, 4.69) is 17.0 Å². The minimum Gasteiger partial charge on any atom is -0.388 e. The fourth-order valence-electron chi connectivity index (χ4n) is 3.78. The van der Waals surface area contributed by atoms with E-state index in [4.69, 9.17) is 11.6 Å². The number of benzene rings is 2. The van der Waals surface area contributed by atoms with Gasteiger partial charge in [0.15, 0.2) is 0 Å². The van der Waals surface area contributed by atoms with E-state index in [1.807, 2.05) is 0 Å². The van der Waals surface area contributed by atoms with Gasteiger partial charge in [0.2, 0.25) is 0 Å². The molecule has 10 heteroatoms. The third-order valence-corrected chi connectivity index (χ3v) is 6.96. The molecule has 0 heterocycles. The van der Waals surface area contributed by atoms with Crippen molar-refractivity contribution in [2.45, 2.75) is 43.1 Å². The molecule has 162 valence electrons. The lowest BCUT2D eigenvalue weighted by atomic mass is 9.79. The maximum Gasteiger partial charge on any atom is 0.293 e. The molecule has 1 fully saturated rings. The first-order valence-electron chi connectivity index (χ1n) is 9.62. The van der Waals surface area contributed by atoms with Gasteiger partial charge in [-0.3, -0.25) is 14.8 Å². The van der Waals surface area contributed by atoms with Crippen molar-refractivity contribution in [2.75, 3.05) is 16.6 Å². The molecule has 0 spiro atoms. The molecule has 0 aromatic heterocycles. The van der Waals surface area contributed by atoms with Gasteiger partial charge in [-0.1, -0.05) is 43.5 Å². The van der Waals surface area contributed by atoms with Gasteiger partial charge in [-0.25, -0.2) is 8.42 Å². The zero-order chi connectivity index (χ0) is 21.9. The molecule has 1 aliphatic carbocycles. The molecule has 3 rings (SSSR count). The van der Waals surface area contributed by atoms with Gasteiger partial charge in [0, 0.05) is 12.6 Å². The molecule has 30 heavy (non-hydrogen) atoms. The third kappa shape index (κ3) is 5.21. The lowest BCUT2D eigenvalue weighted by molar-refractivity contribution is -0.384. The van der Waals surface area contributed by atoms with E-state index in [9.17, 15) is 23.6 Å². The molecule has 1 aliphatic rings. The number of hydrogen-bond donors (Lipinski definition) is 3. The predicted octanol–water partition coefficient (Wildman–Crippen LogP) is 4.40. The van der Waals surface area contributed by atoms with Crippen molar-refractivity contribution in [1.82, 2.24) is 0 Å². The van der Waals surface area contributed by atoms with Crippen LogP contribution in [0.4, 0.5) is 17.1 Å². The summed E-state index contributed by atoms with van der Waals surface area (Å²) in [6, 6.07) is 9.93. The van der Waals surface area contributed by atoms with Crippen LogP contribution >= 0.6 is 11.6 Å². The number of sulfonamides is 1. The van der Waals surface area contributed by atoms with E-state index < -0.39 is 20.5 Å². The van der Waals surface area contributed by atoms with Crippen LogP contribution in [-0.4, -0.2) is 30.6 Å². The number of nitrogens with zero attached hydrogens (tertiary/aromatic N) is 1. The summed E-state index contributed by atoms with van der Waals surface area (Å²) in [7, 11) is -4.08. The zero-order valence-electron chi connectivity index (χ0n) is 16.5. The summed E-state index contributed by atoms with van der Waals surface area (Å²) in [4.78, 5) is 10.7. The molecule has 2 aromatic carbocycles. The van der Waals surface area contributed by atoms with Gasteiger partial charge in [0.05, 0.1) is 26.1 Å². The van der Waals surface area contributed by atoms with Gasteiger partial charge in [-0.05, 0) is 43.0 Å². The minimum absolute atomic E-state index is 0.155. The van der Waals surface area contributed by atoms with Crippen molar-refractivity contribution < 1.29 is 18.4 Å². The molecule has 8 nitrogen and oxygen atoms in total. The summed E-state index contributed by atoms with van der Waals surface area (Å²) in [5.74, 6) is 0.379. The first-order chi connectivity index (χ1) is 14.1. The van der Waals surface area contributed by atoms with E-state index in [0.717, 1.165) is 18.9 Å². The first-order valence-corrected chi connectivity index (χ1v) is 11.5. The second-order valence-electron chi connectivity index (χ2n) is 7.80. The highest BCUT2D eigenvalue weighted by atomic mass is 35.5. The van der Waals surface area contributed by atoms with Crippen LogP contribution in [0.25, 0.3) is 0 Å². The van der Waals surface area contributed by atoms with Crippen molar-refractivity contribution in [1.29, 1.82) is 0 Å². The van der Waals surface area contributed by atoms with Crippen LogP contribution < -0.4 is 10.0 Å². The molecule has 0 saturated heterocycles. The van der Waals surface area contributed by atoms with Crippen LogP contribution in [0.3, 0.4) is 0 Å². The second kappa shape index (κ2) is 8.79. The number of rotatable bonds is 7. The number of para-hydroxylation sites is 1. The molecular weight excluding hydrogens is 430 g/mol. The highest BCUT2D eigenvalue weighted by molar-refractivity contribution is 7.92. The third-order valence-electron chi connectivity index (χ3n) is 5.27. The number of hydrogen-bond acceptors (Lipinski definition) is 6. The summed E-state index contributed by atoms with van der Waals surface area (Å²) < 4.78 is 27.7. The van der Waals surface area contributed by atoms with Crippen molar-refractivity contribution in [3.63, 3.8) is 0 Å². The number of halogens is 1. The molecule has 0 bridgehead atoms. The Morgan fingerprint density at radius 2 is 2.00 bits per heavy atom. The highest BCUT2D eigenvalue weighted by Gasteiger charge is 2.33. The van der Waals surface area contributed by atoms with Crippen LogP contribution in [0.1, 0.15) is 32.6 Å². The fraction of sp³-hybridized carbons (Fsp3) is 0.400. The van der Waals surface area contributed by atoms with Gasteiger partial charge >= 0.3 is 0 Å². The Labute approximate surface area is 180 Å². The maximum absolute atomic E-state index is 12.7. The molecule has 0 amide bonds. The Hall–Kier alpha value is -2.36. The largest absolute Gasteiger partial charge is 0.388 e. The Balaban J connectivity index is 1.83. The molecule has 2 atom stereocenters. The minimum atomic E-state index is -4.08. The molecule has 0 unspecified atom stereocenters. The maximum atomic E-state index is 12.7. The number of aliphatic hydroxyl groups is 1.